The molecule has 1 heterocycles. The van der Waals surface area contributed by atoms with Crippen LogP contribution in [0.3, 0.4) is 0 Å². The van der Waals surface area contributed by atoms with Crippen molar-refractivity contribution in [2.24, 2.45) is 5.73 Å². The van der Waals surface area contributed by atoms with Gasteiger partial charge in [-0.05, 0) is 51.9 Å². The zero-order chi connectivity index (χ0) is 12.5. The van der Waals surface area contributed by atoms with E-state index in [0.717, 1.165) is 10.4 Å². The van der Waals surface area contributed by atoms with Gasteiger partial charge in [0.05, 0.1) is 6.04 Å². The maximum atomic E-state index is 6.29. The highest BCUT2D eigenvalue weighted by Gasteiger charge is 2.19. The van der Waals surface area contributed by atoms with Crippen LogP contribution in [0.5, 0.6) is 0 Å². The minimum absolute atomic E-state index is 0.00302. The van der Waals surface area contributed by atoms with Crippen molar-refractivity contribution in [2.45, 2.75) is 31.2 Å². The molecule has 94 valence electrons. The first-order valence-corrected chi connectivity index (χ1v) is 8.00. The Morgan fingerprint density at radius 1 is 1.22 bits per heavy atom. The number of benzene rings is 1. The molecule has 1 aliphatic carbocycles. The molecule has 1 saturated carbocycles. The molecule has 1 unspecified atom stereocenters. The highest BCUT2D eigenvalue weighted by atomic mass is 79.9. The lowest BCUT2D eigenvalue weighted by Crippen LogP contribution is -2.12. The van der Waals surface area contributed by atoms with Crippen LogP contribution in [-0.4, -0.2) is 0 Å². The topological polar surface area (TPSA) is 26.0 Å². The average molecular weight is 322 g/mol. The molecule has 1 nitrogen and oxygen atoms in total. The van der Waals surface area contributed by atoms with Crippen LogP contribution in [0.2, 0.25) is 0 Å². The second-order valence-electron chi connectivity index (χ2n) is 4.94. The summed E-state index contributed by atoms with van der Waals surface area (Å²) >= 11 is 5.18. The van der Waals surface area contributed by atoms with E-state index in [1.165, 1.54) is 35.3 Å². The fraction of sp³-hybridized carbons (Fsp3) is 0.333. The monoisotopic (exact) mass is 321 g/mol. The minimum atomic E-state index is -0.00302. The Kier molecular flexibility index (Phi) is 3.55. The number of nitrogens with two attached hydrogens (primary N) is 1. The van der Waals surface area contributed by atoms with Gasteiger partial charge in [-0.2, -0.15) is 0 Å². The summed E-state index contributed by atoms with van der Waals surface area (Å²) in [4.78, 5) is 1.21. The van der Waals surface area contributed by atoms with Crippen molar-refractivity contribution in [3.8, 4) is 0 Å². The maximum Gasteiger partial charge on any atom is 0.0646 e. The Labute approximate surface area is 120 Å². The lowest BCUT2D eigenvalue weighted by atomic mass is 9.80. The Balaban J connectivity index is 1.79. The van der Waals surface area contributed by atoms with E-state index in [0.29, 0.717) is 0 Å². The third-order valence-electron chi connectivity index (χ3n) is 3.77. The maximum absolute atomic E-state index is 6.29. The van der Waals surface area contributed by atoms with Crippen LogP contribution in [0, 0.1) is 0 Å². The SMILES string of the molecule is NC(c1ccc(C2CCC2)cc1)c1cc(Br)cs1. The van der Waals surface area contributed by atoms with Gasteiger partial charge in [0.1, 0.15) is 0 Å². The molecule has 1 aromatic heterocycles. The standard InChI is InChI=1S/C15H16BrNS/c16-13-8-14(18-9-13)15(17)12-6-4-11(5-7-12)10-2-1-3-10/h4-10,15H,1-3,17H2. The molecule has 1 fully saturated rings. The van der Waals surface area contributed by atoms with E-state index >= 15 is 0 Å². The van der Waals surface area contributed by atoms with E-state index in [9.17, 15) is 0 Å². The molecular formula is C15H16BrNS. The van der Waals surface area contributed by atoms with E-state index in [1.54, 1.807) is 11.3 Å². The molecule has 0 radical (unpaired) electrons. The third-order valence-corrected chi connectivity index (χ3v) is 5.54. The zero-order valence-electron chi connectivity index (χ0n) is 10.1. The summed E-state index contributed by atoms with van der Waals surface area (Å²) in [6.45, 7) is 0. The third kappa shape index (κ3) is 2.40. The zero-order valence-corrected chi connectivity index (χ0v) is 12.5. The fourth-order valence-corrected chi connectivity index (χ4v) is 3.85. The van der Waals surface area contributed by atoms with Crippen molar-refractivity contribution < 1.29 is 0 Å². The summed E-state index contributed by atoms with van der Waals surface area (Å²) in [5.41, 5.74) is 8.97. The lowest BCUT2D eigenvalue weighted by Gasteiger charge is -2.26. The normalized spacial score (nSPS) is 17.4. The smallest absolute Gasteiger partial charge is 0.0646 e. The van der Waals surface area contributed by atoms with Gasteiger partial charge in [0.25, 0.3) is 0 Å². The quantitative estimate of drug-likeness (QED) is 0.861. The molecule has 18 heavy (non-hydrogen) atoms. The van der Waals surface area contributed by atoms with Gasteiger partial charge in [0.15, 0.2) is 0 Å². The molecular weight excluding hydrogens is 306 g/mol. The molecule has 0 bridgehead atoms. The highest BCUT2D eigenvalue weighted by molar-refractivity contribution is 9.10. The van der Waals surface area contributed by atoms with Crippen molar-refractivity contribution in [2.75, 3.05) is 0 Å². The molecule has 3 rings (SSSR count). The average Bonchev–Trinajstić information content (AvgIpc) is 2.74. The van der Waals surface area contributed by atoms with E-state index in [2.05, 4.69) is 51.6 Å². The van der Waals surface area contributed by atoms with Crippen molar-refractivity contribution in [3.05, 3.63) is 56.2 Å². The molecule has 1 aromatic carbocycles. The van der Waals surface area contributed by atoms with Crippen LogP contribution in [0.25, 0.3) is 0 Å². The second-order valence-corrected chi connectivity index (χ2v) is 6.80. The first-order valence-electron chi connectivity index (χ1n) is 6.33. The number of halogens is 1. The first-order chi connectivity index (χ1) is 8.74. The number of hydrogen-bond donors (Lipinski definition) is 1. The van der Waals surface area contributed by atoms with Gasteiger partial charge in [-0.1, -0.05) is 30.7 Å². The first kappa shape index (κ1) is 12.4. The summed E-state index contributed by atoms with van der Waals surface area (Å²) in [7, 11) is 0. The lowest BCUT2D eigenvalue weighted by molar-refractivity contribution is 0.419. The Bertz CT molecular complexity index is 528. The van der Waals surface area contributed by atoms with E-state index in [1.807, 2.05) is 0 Å². The second kappa shape index (κ2) is 5.16. The fourth-order valence-electron chi connectivity index (χ4n) is 2.37. The van der Waals surface area contributed by atoms with Crippen LogP contribution in [0.1, 0.15) is 47.2 Å². The molecule has 1 atom stereocenters. The Hall–Kier alpha value is -0.640. The summed E-state index contributed by atoms with van der Waals surface area (Å²) in [6, 6.07) is 11.0. The Morgan fingerprint density at radius 3 is 2.44 bits per heavy atom. The number of hydrogen-bond acceptors (Lipinski definition) is 2. The van der Waals surface area contributed by atoms with Crippen molar-refractivity contribution in [3.63, 3.8) is 0 Å². The molecule has 2 N–H and O–H groups in total. The van der Waals surface area contributed by atoms with Gasteiger partial charge in [-0.15, -0.1) is 11.3 Å². The van der Waals surface area contributed by atoms with Gasteiger partial charge in [-0.25, -0.2) is 0 Å². The molecule has 0 saturated heterocycles. The molecule has 3 heteroatoms. The summed E-state index contributed by atoms with van der Waals surface area (Å²) in [5, 5.41) is 2.08. The number of thiophene rings is 1. The van der Waals surface area contributed by atoms with Crippen LogP contribution < -0.4 is 5.73 Å². The van der Waals surface area contributed by atoms with E-state index in [4.69, 9.17) is 5.73 Å². The summed E-state index contributed by atoms with van der Waals surface area (Å²) in [6.07, 6.45) is 4.09. The van der Waals surface area contributed by atoms with Crippen molar-refractivity contribution >= 4 is 27.3 Å². The van der Waals surface area contributed by atoms with Crippen LogP contribution in [0.15, 0.2) is 40.2 Å². The Morgan fingerprint density at radius 2 is 1.94 bits per heavy atom. The van der Waals surface area contributed by atoms with Crippen molar-refractivity contribution in [1.82, 2.24) is 0 Å². The largest absolute Gasteiger partial charge is 0.320 e. The summed E-state index contributed by atoms with van der Waals surface area (Å²) in [5.74, 6) is 0.797. The molecule has 0 amide bonds. The van der Waals surface area contributed by atoms with Gasteiger partial charge in [0, 0.05) is 14.7 Å². The van der Waals surface area contributed by atoms with Gasteiger partial charge < -0.3 is 5.73 Å². The van der Waals surface area contributed by atoms with Crippen LogP contribution in [-0.2, 0) is 0 Å². The van der Waals surface area contributed by atoms with Gasteiger partial charge >= 0.3 is 0 Å². The predicted octanol–water partition coefficient (Wildman–Crippen LogP) is 4.83. The predicted molar refractivity (Wildman–Crippen MR) is 81.1 cm³/mol. The van der Waals surface area contributed by atoms with Crippen LogP contribution in [0.4, 0.5) is 0 Å². The number of rotatable bonds is 3. The molecule has 0 aliphatic heterocycles. The molecule has 2 aromatic rings. The minimum Gasteiger partial charge on any atom is -0.320 e. The highest BCUT2D eigenvalue weighted by Crippen LogP contribution is 2.37. The van der Waals surface area contributed by atoms with Gasteiger partial charge in [0.2, 0.25) is 0 Å². The van der Waals surface area contributed by atoms with E-state index in [-0.39, 0.29) is 6.04 Å². The van der Waals surface area contributed by atoms with Crippen molar-refractivity contribution in [1.29, 1.82) is 0 Å². The molecule has 1 aliphatic rings. The summed E-state index contributed by atoms with van der Waals surface area (Å²) < 4.78 is 1.11. The van der Waals surface area contributed by atoms with Crippen LogP contribution >= 0.6 is 27.3 Å². The molecule has 0 spiro atoms. The van der Waals surface area contributed by atoms with E-state index < -0.39 is 0 Å². The van der Waals surface area contributed by atoms with Gasteiger partial charge in [-0.3, -0.25) is 0 Å².